The second-order valence-corrected chi connectivity index (χ2v) is 9.57. The molecule has 0 aliphatic carbocycles. The lowest BCUT2D eigenvalue weighted by Crippen LogP contribution is -2.20. The molecule has 6 rings (SSSR count). The summed E-state index contributed by atoms with van der Waals surface area (Å²) in [7, 11) is 3.10. The average Bonchev–Trinajstić information content (AvgIpc) is 3.43. The third-order valence-corrected chi connectivity index (χ3v) is 6.72. The van der Waals surface area contributed by atoms with E-state index < -0.39 is 0 Å². The summed E-state index contributed by atoms with van der Waals surface area (Å²) in [5.41, 5.74) is 2.42. The van der Waals surface area contributed by atoms with Crippen LogP contribution in [0, 0.1) is 0 Å². The minimum absolute atomic E-state index is 0.249. The van der Waals surface area contributed by atoms with Gasteiger partial charge < -0.3 is 18.6 Å². The molecule has 0 atom stereocenters. The minimum atomic E-state index is -0.345. The fraction of sp³-hybridized carbons (Fsp3) is 0.0938. The van der Waals surface area contributed by atoms with Crippen molar-refractivity contribution in [3.8, 4) is 28.8 Å². The summed E-state index contributed by atoms with van der Waals surface area (Å²) >= 11 is 6.17. The van der Waals surface area contributed by atoms with E-state index in [-0.39, 0.29) is 11.4 Å². The van der Waals surface area contributed by atoms with Crippen LogP contribution in [0.5, 0.6) is 17.2 Å². The van der Waals surface area contributed by atoms with E-state index in [4.69, 9.17) is 35.2 Å². The number of ether oxygens (including phenoxy) is 3. The van der Waals surface area contributed by atoms with Gasteiger partial charge in [0.15, 0.2) is 17.3 Å². The highest BCUT2D eigenvalue weighted by Crippen LogP contribution is 2.39. The van der Waals surface area contributed by atoms with E-state index in [0.29, 0.717) is 56.7 Å². The first-order valence-corrected chi connectivity index (χ1v) is 13.1. The van der Waals surface area contributed by atoms with Crippen molar-refractivity contribution in [3.05, 3.63) is 117 Å². The predicted octanol–water partition coefficient (Wildman–Crippen LogP) is 6.94. The van der Waals surface area contributed by atoms with Gasteiger partial charge >= 0.3 is 0 Å². The maximum atomic E-state index is 13.6. The van der Waals surface area contributed by atoms with Gasteiger partial charge in [0.05, 0.1) is 31.3 Å². The fourth-order valence-electron chi connectivity index (χ4n) is 4.49. The molecule has 0 N–H and O–H groups in total. The molecule has 8 nitrogen and oxygen atoms in total. The Morgan fingerprint density at radius 2 is 1.66 bits per heavy atom. The Bertz CT molecular complexity index is 1940. The monoisotopic (exact) mass is 565 g/mol. The molecule has 4 aromatic carbocycles. The zero-order valence-electron chi connectivity index (χ0n) is 22.2. The molecule has 41 heavy (non-hydrogen) atoms. The molecule has 2 heterocycles. The number of hydrogen-bond acceptors (Lipinski definition) is 7. The fourth-order valence-corrected chi connectivity index (χ4v) is 4.67. The number of halogens is 1. The zero-order valence-corrected chi connectivity index (χ0v) is 23.0. The Kier molecular flexibility index (Phi) is 7.14. The quantitative estimate of drug-likeness (QED) is 0.186. The van der Waals surface area contributed by atoms with E-state index >= 15 is 0 Å². The van der Waals surface area contributed by atoms with E-state index in [1.165, 1.54) is 10.9 Å². The van der Waals surface area contributed by atoms with E-state index in [2.05, 4.69) is 5.10 Å². The van der Waals surface area contributed by atoms with Crippen LogP contribution < -0.4 is 19.8 Å². The standard InChI is InChI=1S/C32H24ClN3O5/c1-38-27-14-21(15-28(39-2)30(27)40-19-20-8-4-3-5-9-20)18-34-36-31(35-25-11-7-6-10-24(25)32(36)37)29-17-22-16-23(33)12-13-26(22)41-29/h3-18H,19H2,1-2H3. The van der Waals surface area contributed by atoms with Gasteiger partial charge in [0.25, 0.3) is 5.56 Å². The first-order chi connectivity index (χ1) is 20.0. The number of furan rings is 1. The van der Waals surface area contributed by atoms with Crippen molar-refractivity contribution >= 4 is 39.7 Å². The number of aromatic nitrogens is 2. The molecule has 0 bridgehead atoms. The van der Waals surface area contributed by atoms with Gasteiger partial charge in [-0.25, -0.2) is 4.98 Å². The van der Waals surface area contributed by atoms with E-state index in [1.54, 1.807) is 68.8 Å². The van der Waals surface area contributed by atoms with Gasteiger partial charge in [-0.15, -0.1) is 0 Å². The summed E-state index contributed by atoms with van der Waals surface area (Å²) in [5.74, 6) is 2.00. The molecule has 9 heteroatoms. The number of benzene rings is 4. The van der Waals surface area contributed by atoms with Crippen molar-refractivity contribution < 1.29 is 18.6 Å². The van der Waals surface area contributed by atoms with Crippen molar-refractivity contribution in [2.45, 2.75) is 6.61 Å². The number of nitrogens with zero attached hydrogens (tertiary/aromatic N) is 3. The van der Waals surface area contributed by atoms with Gasteiger partial charge in [-0.3, -0.25) is 4.79 Å². The van der Waals surface area contributed by atoms with Crippen LogP contribution in [-0.2, 0) is 6.61 Å². The molecule has 204 valence electrons. The molecular weight excluding hydrogens is 542 g/mol. The van der Waals surface area contributed by atoms with E-state index in [1.807, 2.05) is 36.4 Å². The van der Waals surface area contributed by atoms with E-state index in [9.17, 15) is 4.79 Å². The van der Waals surface area contributed by atoms with Crippen LogP contribution in [0.1, 0.15) is 11.1 Å². The summed E-state index contributed by atoms with van der Waals surface area (Å²) in [4.78, 5) is 18.3. The van der Waals surface area contributed by atoms with Crippen LogP contribution in [0.3, 0.4) is 0 Å². The summed E-state index contributed by atoms with van der Waals surface area (Å²) < 4.78 is 24.5. The smallest absolute Gasteiger partial charge is 0.282 e. The second kappa shape index (κ2) is 11.2. The molecule has 0 saturated heterocycles. The van der Waals surface area contributed by atoms with Crippen molar-refractivity contribution in [1.82, 2.24) is 9.66 Å². The van der Waals surface area contributed by atoms with E-state index in [0.717, 1.165) is 10.9 Å². The number of fused-ring (bicyclic) bond motifs is 2. The van der Waals surface area contributed by atoms with Gasteiger partial charge in [-0.2, -0.15) is 9.78 Å². The van der Waals surface area contributed by atoms with Crippen LogP contribution in [0.4, 0.5) is 0 Å². The molecule has 6 aromatic rings. The summed E-state index contributed by atoms with van der Waals surface area (Å²) in [5, 5.41) is 6.32. The largest absolute Gasteiger partial charge is 0.493 e. The molecule has 0 aliphatic rings. The predicted molar refractivity (Wildman–Crippen MR) is 160 cm³/mol. The Labute approximate surface area is 240 Å². The lowest BCUT2D eigenvalue weighted by atomic mass is 10.2. The van der Waals surface area contributed by atoms with Crippen LogP contribution in [0.2, 0.25) is 5.02 Å². The van der Waals surface area contributed by atoms with Crippen LogP contribution in [0.15, 0.2) is 105 Å². The number of hydrogen-bond donors (Lipinski definition) is 0. The summed E-state index contributed by atoms with van der Waals surface area (Å²) in [6.45, 7) is 0.339. The number of para-hydroxylation sites is 1. The van der Waals surface area contributed by atoms with Crippen molar-refractivity contribution in [3.63, 3.8) is 0 Å². The first-order valence-electron chi connectivity index (χ1n) is 12.7. The molecule has 0 aliphatic heterocycles. The van der Waals surface area contributed by atoms with Gasteiger partial charge in [-0.05, 0) is 54.1 Å². The molecule has 0 fully saturated rings. The van der Waals surface area contributed by atoms with Gasteiger partial charge in [0.1, 0.15) is 12.2 Å². The highest BCUT2D eigenvalue weighted by molar-refractivity contribution is 6.31. The Morgan fingerprint density at radius 1 is 0.927 bits per heavy atom. The lowest BCUT2D eigenvalue weighted by molar-refractivity contribution is 0.266. The maximum absolute atomic E-state index is 13.6. The van der Waals surface area contributed by atoms with Crippen LogP contribution >= 0.6 is 11.6 Å². The molecule has 0 spiro atoms. The highest BCUT2D eigenvalue weighted by atomic mass is 35.5. The Balaban J connectivity index is 1.42. The zero-order chi connectivity index (χ0) is 28.3. The SMILES string of the molecule is COc1cc(C=Nn2c(-c3cc4cc(Cl)ccc4o3)nc3ccccc3c2=O)cc(OC)c1OCc1ccccc1. The highest BCUT2D eigenvalue weighted by Gasteiger charge is 2.18. The van der Waals surface area contributed by atoms with Crippen molar-refractivity contribution in [1.29, 1.82) is 0 Å². The Morgan fingerprint density at radius 3 is 2.41 bits per heavy atom. The van der Waals surface area contributed by atoms with Crippen molar-refractivity contribution in [2.75, 3.05) is 14.2 Å². The lowest BCUT2D eigenvalue weighted by Gasteiger charge is -2.15. The topological polar surface area (TPSA) is 88.1 Å². The molecule has 0 saturated carbocycles. The number of methoxy groups -OCH3 is 2. The van der Waals surface area contributed by atoms with Gasteiger partial charge in [0.2, 0.25) is 11.6 Å². The molecule has 0 radical (unpaired) electrons. The molecule has 0 unspecified atom stereocenters. The maximum Gasteiger partial charge on any atom is 0.282 e. The normalized spacial score (nSPS) is 11.4. The van der Waals surface area contributed by atoms with Gasteiger partial charge in [0, 0.05) is 16.0 Å². The first kappa shape index (κ1) is 26.2. The average molecular weight is 566 g/mol. The molecular formula is C32H24ClN3O5. The summed E-state index contributed by atoms with van der Waals surface area (Å²) in [6, 6.07) is 27.5. The van der Waals surface area contributed by atoms with Crippen LogP contribution in [0.25, 0.3) is 33.5 Å². The number of rotatable bonds is 8. The Hall–Kier alpha value is -5.08. The molecule has 2 aromatic heterocycles. The third-order valence-electron chi connectivity index (χ3n) is 6.48. The molecule has 0 amide bonds. The summed E-state index contributed by atoms with van der Waals surface area (Å²) in [6.07, 6.45) is 1.53. The van der Waals surface area contributed by atoms with Crippen molar-refractivity contribution in [2.24, 2.45) is 5.10 Å². The second-order valence-electron chi connectivity index (χ2n) is 9.14. The van der Waals surface area contributed by atoms with Gasteiger partial charge in [-0.1, -0.05) is 54.1 Å². The van der Waals surface area contributed by atoms with Crippen LogP contribution in [-0.4, -0.2) is 30.1 Å². The third kappa shape index (κ3) is 5.25. The minimum Gasteiger partial charge on any atom is -0.493 e.